The minimum absolute atomic E-state index is 0.0347. The first-order chi connectivity index (χ1) is 9.48. The first-order valence-corrected chi connectivity index (χ1v) is 7.62. The smallest absolute Gasteiger partial charge is 0.0795 e. The highest BCUT2D eigenvalue weighted by atomic mass is 16.5. The van der Waals surface area contributed by atoms with Gasteiger partial charge in [0.15, 0.2) is 0 Å². The molecule has 116 valence electrons. The SMILES string of the molecule is CCOC(C)(C)C(Cc1ccn(C(CC)CC)n1)NN. The van der Waals surface area contributed by atoms with E-state index in [-0.39, 0.29) is 11.6 Å². The van der Waals surface area contributed by atoms with Crippen LogP contribution in [-0.4, -0.2) is 28.0 Å². The number of nitrogens with zero attached hydrogens (tertiary/aromatic N) is 2. The van der Waals surface area contributed by atoms with Crippen molar-refractivity contribution in [3.05, 3.63) is 18.0 Å². The molecule has 1 atom stereocenters. The van der Waals surface area contributed by atoms with Crippen LogP contribution in [0.4, 0.5) is 0 Å². The summed E-state index contributed by atoms with van der Waals surface area (Å²) in [5, 5.41) is 4.68. The molecule has 1 unspecified atom stereocenters. The topological polar surface area (TPSA) is 65.1 Å². The van der Waals surface area contributed by atoms with Crippen LogP contribution in [0.1, 0.15) is 59.2 Å². The van der Waals surface area contributed by atoms with Gasteiger partial charge in [0, 0.05) is 19.2 Å². The van der Waals surface area contributed by atoms with E-state index in [0.717, 1.165) is 25.0 Å². The molecule has 0 spiro atoms. The zero-order chi connectivity index (χ0) is 15.2. The monoisotopic (exact) mass is 282 g/mol. The average Bonchev–Trinajstić information content (AvgIpc) is 2.85. The van der Waals surface area contributed by atoms with E-state index in [1.165, 1.54) is 0 Å². The van der Waals surface area contributed by atoms with Crippen molar-refractivity contribution in [3.8, 4) is 0 Å². The molecule has 0 aliphatic carbocycles. The van der Waals surface area contributed by atoms with Crippen LogP contribution in [0.2, 0.25) is 0 Å². The van der Waals surface area contributed by atoms with E-state index in [1.54, 1.807) is 0 Å². The number of nitrogens with two attached hydrogens (primary N) is 1. The Balaban J connectivity index is 2.76. The van der Waals surface area contributed by atoms with Gasteiger partial charge in [-0.2, -0.15) is 5.10 Å². The van der Waals surface area contributed by atoms with Gasteiger partial charge < -0.3 is 4.74 Å². The predicted molar refractivity (Wildman–Crippen MR) is 82.4 cm³/mol. The van der Waals surface area contributed by atoms with Gasteiger partial charge in [-0.3, -0.25) is 16.0 Å². The molecule has 0 aliphatic heterocycles. The van der Waals surface area contributed by atoms with Crippen molar-refractivity contribution < 1.29 is 4.74 Å². The maximum Gasteiger partial charge on any atom is 0.0795 e. The summed E-state index contributed by atoms with van der Waals surface area (Å²) in [4.78, 5) is 0. The lowest BCUT2D eigenvalue weighted by molar-refractivity contribution is -0.0383. The molecule has 0 saturated carbocycles. The normalized spacial score (nSPS) is 13.9. The third-order valence-electron chi connectivity index (χ3n) is 3.95. The van der Waals surface area contributed by atoms with Crippen molar-refractivity contribution in [2.75, 3.05) is 6.61 Å². The Labute approximate surface area is 122 Å². The van der Waals surface area contributed by atoms with E-state index >= 15 is 0 Å². The molecule has 1 rings (SSSR count). The van der Waals surface area contributed by atoms with Crippen LogP contribution in [0, 0.1) is 0 Å². The van der Waals surface area contributed by atoms with Gasteiger partial charge in [-0.15, -0.1) is 0 Å². The van der Waals surface area contributed by atoms with Gasteiger partial charge in [-0.05, 0) is 39.7 Å². The van der Waals surface area contributed by atoms with Crippen molar-refractivity contribution >= 4 is 0 Å². The number of aromatic nitrogens is 2. The fourth-order valence-electron chi connectivity index (χ4n) is 2.54. The van der Waals surface area contributed by atoms with Crippen molar-refractivity contribution in [2.45, 2.75) is 71.6 Å². The number of hydrogen-bond donors (Lipinski definition) is 2. The molecule has 1 heterocycles. The van der Waals surface area contributed by atoms with Gasteiger partial charge in [-0.1, -0.05) is 13.8 Å². The lowest BCUT2D eigenvalue weighted by Crippen LogP contribution is -2.52. The van der Waals surface area contributed by atoms with E-state index in [2.05, 4.69) is 55.2 Å². The summed E-state index contributed by atoms with van der Waals surface area (Å²) in [6, 6.07) is 2.59. The third-order valence-corrected chi connectivity index (χ3v) is 3.95. The highest BCUT2D eigenvalue weighted by molar-refractivity contribution is 5.05. The van der Waals surface area contributed by atoms with Crippen LogP contribution in [0.15, 0.2) is 12.3 Å². The van der Waals surface area contributed by atoms with Crippen LogP contribution in [0.3, 0.4) is 0 Å². The van der Waals surface area contributed by atoms with Crippen LogP contribution < -0.4 is 11.3 Å². The van der Waals surface area contributed by atoms with Gasteiger partial charge in [0.25, 0.3) is 0 Å². The largest absolute Gasteiger partial charge is 0.374 e. The molecule has 0 fully saturated rings. The Hall–Kier alpha value is -0.910. The third kappa shape index (κ3) is 4.30. The summed E-state index contributed by atoms with van der Waals surface area (Å²) in [6.45, 7) is 11.2. The number of rotatable bonds is 9. The van der Waals surface area contributed by atoms with E-state index < -0.39 is 0 Å². The molecule has 0 bridgehead atoms. The maximum absolute atomic E-state index is 5.77. The van der Waals surface area contributed by atoms with E-state index in [4.69, 9.17) is 10.6 Å². The fraction of sp³-hybridized carbons (Fsp3) is 0.800. The quantitative estimate of drug-likeness (QED) is 0.539. The second kappa shape index (κ2) is 7.76. The summed E-state index contributed by atoms with van der Waals surface area (Å²) >= 11 is 0. The summed E-state index contributed by atoms with van der Waals surface area (Å²) in [5.74, 6) is 5.69. The Bertz CT molecular complexity index is 385. The molecule has 0 aromatic carbocycles. The molecule has 0 amide bonds. The summed E-state index contributed by atoms with van der Waals surface area (Å²) in [5.41, 5.74) is 3.60. The fourth-order valence-corrected chi connectivity index (χ4v) is 2.54. The van der Waals surface area contributed by atoms with Gasteiger partial charge in [-0.25, -0.2) is 0 Å². The van der Waals surface area contributed by atoms with Gasteiger partial charge in [0.1, 0.15) is 0 Å². The Kier molecular flexibility index (Phi) is 6.65. The predicted octanol–water partition coefficient (Wildman–Crippen LogP) is 2.43. The van der Waals surface area contributed by atoms with Crippen molar-refractivity contribution in [3.63, 3.8) is 0 Å². The van der Waals surface area contributed by atoms with Crippen LogP contribution in [0.5, 0.6) is 0 Å². The van der Waals surface area contributed by atoms with Crippen molar-refractivity contribution in [1.29, 1.82) is 0 Å². The lowest BCUT2D eigenvalue weighted by Gasteiger charge is -2.33. The van der Waals surface area contributed by atoms with Crippen molar-refractivity contribution in [1.82, 2.24) is 15.2 Å². The number of ether oxygens (including phenoxy) is 1. The van der Waals surface area contributed by atoms with Crippen LogP contribution in [0.25, 0.3) is 0 Å². The zero-order valence-electron chi connectivity index (χ0n) is 13.5. The van der Waals surface area contributed by atoms with Gasteiger partial charge >= 0.3 is 0 Å². The minimum Gasteiger partial charge on any atom is -0.374 e. The highest BCUT2D eigenvalue weighted by Gasteiger charge is 2.30. The minimum atomic E-state index is -0.317. The Morgan fingerprint density at radius 1 is 1.35 bits per heavy atom. The number of hydrazine groups is 1. The Morgan fingerprint density at radius 2 is 2.00 bits per heavy atom. The number of hydrogen-bond acceptors (Lipinski definition) is 4. The molecule has 5 heteroatoms. The molecule has 0 radical (unpaired) electrons. The van der Waals surface area contributed by atoms with Gasteiger partial charge in [0.2, 0.25) is 0 Å². The van der Waals surface area contributed by atoms with Gasteiger partial charge in [0.05, 0.1) is 23.4 Å². The average molecular weight is 282 g/mol. The summed E-state index contributed by atoms with van der Waals surface area (Å²) in [7, 11) is 0. The zero-order valence-corrected chi connectivity index (χ0v) is 13.5. The summed E-state index contributed by atoms with van der Waals surface area (Å²) in [6.07, 6.45) is 5.02. The van der Waals surface area contributed by atoms with Crippen LogP contribution in [-0.2, 0) is 11.2 Å². The van der Waals surface area contributed by atoms with E-state index in [0.29, 0.717) is 12.6 Å². The standard InChI is InChI=1S/C15H30N4O/c1-6-13(7-2)19-10-9-12(18-19)11-14(17-16)15(4,5)20-8-3/h9-10,13-14,17H,6-8,11,16H2,1-5H3. The molecule has 3 N–H and O–H groups in total. The lowest BCUT2D eigenvalue weighted by atomic mass is 9.95. The summed E-state index contributed by atoms with van der Waals surface area (Å²) < 4.78 is 7.84. The molecular formula is C15H30N4O. The van der Waals surface area contributed by atoms with Crippen molar-refractivity contribution in [2.24, 2.45) is 5.84 Å². The molecule has 0 saturated heterocycles. The van der Waals surface area contributed by atoms with Crippen LogP contribution >= 0.6 is 0 Å². The maximum atomic E-state index is 5.77. The highest BCUT2D eigenvalue weighted by Crippen LogP contribution is 2.19. The van der Waals surface area contributed by atoms with E-state index in [1.807, 2.05) is 6.92 Å². The molecular weight excluding hydrogens is 252 g/mol. The Morgan fingerprint density at radius 3 is 2.50 bits per heavy atom. The second-order valence-corrected chi connectivity index (χ2v) is 5.72. The first kappa shape index (κ1) is 17.1. The number of nitrogens with one attached hydrogen (secondary N) is 1. The van der Waals surface area contributed by atoms with E-state index in [9.17, 15) is 0 Å². The molecule has 1 aromatic heterocycles. The molecule has 5 nitrogen and oxygen atoms in total. The molecule has 1 aromatic rings. The molecule has 20 heavy (non-hydrogen) atoms. The first-order valence-electron chi connectivity index (χ1n) is 7.62. The molecule has 0 aliphatic rings. The second-order valence-electron chi connectivity index (χ2n) is 5.72.